The van der Waals surface area contributed by atoms with Crippen LogP contribution in [-0.2, 0) is 11.3 Å². The lowest BCUT2D eigenvalue weighted by atomic mass is 10.1. The highest BCUT2D eigenvalue weighted by Crippen LogP contribution is 2.18. The number of rotatable bonds is 6. The zero-order chi connectivity index (χ0) is 14.3. The van der Waals surface area contributed by atoms with E-state index >= 15 is 0 Å². The molecule has 0 aliphatic heterocycles. The van der Waals surface area contributed by atoms with Gasteiger partial charge < -0.3 is 15.4 Å². The molecule has 0 radical (unpaired) electrons. The second kappa shape index (κ2) is 7.39. The molecule has 0 saturated carbocycles. The molecule has 5 nitrogen and oxygen atoms in total. The molecular weight excluding hydrogens is 242 g/mol. The highest BCUT2D eigenvalue weighted by atomic mass is 16.5. The van der Waals surface area contributed by atoms with E-state index in [-0.39, 0.29) is 11.9 Å². The van der Waals surface area contributed by atoms with Gasteiger partial charge in [0, 0.05) is 13.1 Å². The smallest absolute Gasteiger partial charge is 0.236 e. The molecule has 0 fully saturated rings. The minimum Gasteiger partial charge on any atom is -0.495 e. The van der Waals surface area contributed by atoms with Crippen LogP contribution in [0.2, 0.25) is 0 Å². The van der Waals surface area contributed by atoms with Gasteiger partial charge in [-0.15, -0.1) is 0 Å². The molecule has 102 valence electrons. The maximum absolute atomic E-state index is 11.5. The molecule has 1 unspecified atom stereocenters. The second-order valence-corrected chi connectivity index (χ2v) is 4.14. The lowest BCUT2D eigenvalue weighted by molar-refractivity contribution is -0.122. The van der Waals surface area contributed by atoms with Crippen LogP contribution in [0.1, 0.15) is 25.0 Å². The monoisotopic (exact) mass is 261 g/mol. The zero-order valence-corrected chi connectivity index (χ0v) is 11.5. The Labute approximate surface area is 113 Å². The van der Waals surface area contributed by atoms with Crippen LogP contribution >= 0.6 is 0 Å². The van der Waals surface area contributed by atoms with Crippen LogP contribution in [0.15, 0.2) is 18.2 Å². The summed E-state index contributed by atoms with van der Waals surface area (Å²) >= 11 is 0. The molecule has 2 N–H and O–H groups in total. The summed E-state index contributed by atoms with van der Waals surface area (Å²) < 4.78 is 5.08. The Bertz CT molecular complexity index is 480. The summed E-state index contributed by atoms with van der Waals surface area (Å²) in [7, 11) is 1.53. The first-order valence-electron chi connectivity index (χ1n) is 6.20. The van der Waals surface area contributed by atoms with Crippen molar-refractivity contribution in [1.82, 2.24) is 10.6 Å². The number of hydrogen-bond acceptors (Lipinski definition) is 4. The Morgan fingerprint density at radius 1 is 1.53 bits per heavy atom. The highest BCUT2D eigenvalue weighted by Gasteiger charge is 2.11. The van der Waals surface area contributed by atoms with E-state index in [0.29, 0.717) is 24.4 Å². The van der Waals surface area contributed by atoms with Gasteiger partial charge in [0.25, 0.3) is 0 Å². The zero-order valence-electron chi connectivity index (χ0n) is 11.5. The Balaban J connectivity index is 2.64. The summed E-state index contributed by atoms with van der Waals surface area (Å²) in [6, 6.07) is 7.20. The second-order valence-electron chi connectivity index (χ2n) is 4.14. The highest BCUT2D eigenvalue weighted by molar-refractivity contribution is 5.81. The Morgan fingerprint density at radius 3 is 2.84 bits per heavy atom. The molecule has 1 amide bonds. The maximum atomic E-state index is 11.5. The predicted molar refractivity (Wildman–Crippen MR) is 72.7 cm³/mol. The van der Waals surface area contributed by atoms with Gasteiger partial charge in [-0.3, -0.25) is 4.79 Å². The molecule has 0 aliphatic carbocycles. The van der Waals surface area contributed by atoms with E-state index < -0.39 is 0 Å². The summed E-state index contributed by atoms with van der Waals surface area (Å²) in [6.45, 7) is 4.83. The fourth-order valence-corrected chi connectivity index (χ4v) is 1.64. The molecule has 0 aliphatic rings. The number of hydrogen-bond donors (Lipinski definition) is 2. The van der Waals surface area contributed by atoms with Crippen molar-refractivity contribution >= 4 is 5.91 Å². The average molecular weight is 261 g/mol. The fourth-order valence-electron chi connectivity index (χ4n) is 1.64. The van der Waals surface area contributed by atoms with E-state index in [1.807, 2.05) is 13.0 Å². The van der Waals surface area contributed by atoms with Gasteiger partial charge in [-0.25, -0.2) is 0 Å². The third-order valence-corrected chi connectivity index (χ3v) is 2.74. The lowest BCUT2D eigenvalue weighted by Gasteiger charge is -2.13. The van der Waals surface area contributed by atoms with Crippen LogP contribution in [0.3, 0.4) is 0 Å². The SMILES string of the molecule is CCNC(=O)C(C)NCc1ccc(OC)c(C#N)c1. The van der Waals surface area contributed by atoms with Crippen molar-refractivity contribution in [3.63, 3.8) is 0 Å². The third kappa shape index (κ3) is 4.27. The first kappa shape index (κ1) is 15.0. The van der Waals surface area contributed by atoms with E-state index in [1.54, 1.807) is 19.1 Å². The summed E-state index contributed by atoms with van der Waals surface area (Å²) in [4.78, 5) is 11.5. The number of likely N-dealkylation sites (N-methyl/N-ethyl adjacent to an activating group) is 1. The number of methoxy groups -OCH3 is 1. The van der Waals surface area contributed by atoms with Crippen LogP contribution in [0.4, 0.5) is 0 Å². The average Bonchev–Trinajstić information content (AvgIpc) is 2.44. The van der Waals surface area contributed by atoms with Crippen LogP contribution in [0.5, 0.6) is 5.75 Å². The molecular formula is C14H19N3O2. The minimum atomic E-state index is -0.271. The fraction of sp³-hybridized carbons (Fsp3) is 0.429. The summed E-state index contributed by atoms with van der Waals surface area (Å²) in [5.41, 5.74) is 1.43. The van der Waals surface area contributed by atoms with Crippen LogP contribution in [0.25, 0.3) is 0 Å². The quantitative estimate of drug-likeness (QED) is 0.806. The molecule has 5 heteroatoms. The Hall–Kier alpha value is -2.06. The van der Waals surface area contributed by atoms with Gasteiger partial charge in [0.2, 0.25) is 5.91 Å². The van der Waals surface area contributed by atoms with Gasteiger partial charge in [0.15, 0.2) is 0 Å². The molecule has 1 rings (SSSR count). The number of carbonyl (C=O) groups is 1. The molecule has 0 saturated heterocycles. The van der Waals surface area contributed by atoms with Crippen LogP contribution < -0.4 is 15.4 Å². The number of amides is 1. The summed E-state index contributed by atoms with van der Waals surface area (Å²) in [5, 5.41) is 14.9. The predicted octanol–water partition coefficient (Wildman–Crippen LogP) is 1.18. The van der Waals surface area contributed by atoms with E-state index in [9.17, 15) is 4.79 Å². The molecule has 1 atom stereocenters. The van der Waals surface area contributed by atoms with E-state index in [1.165, 1.54) is 7.11 Å². The maximum Gasteiger partial charge on any atom is 0.236 e. The molecule has 0 heterocycles. The number of ether oxygens (including phenoxy) is 1. The van der Waals surface area contributed by atoms with Gasteiger partial charge in [-0.1, -0.05) is 6.07 Å². The first-order chi connectivity index (χ1) is 9.12. The topological polar surface area (TPSA) is 74.2 Å². The lowest BCUT2D eigenvalue weighted by Crippen LogP contribution is -2.41. The molecule has 0 spiro atoms. The van der Waals surface area contributed by atoms with Crippen molar-refractivity contribution in [2.45, 2.75) is 26.4 Å². The standard InChI is InChI=1S/C14H19N3O2/c1-4-16-14(18)10(2)17-9-11-5-6-13(19-3)12(7-11)8-15/h5-7,10,17H,4,9H2,1-3H3,(H,16,18). The van der Waals surface area contributed by atoms with Crippen molar-refractivity contribution < 1.29 is 9.53 Å². The van der Waals surface area contributed by atoms with E-state index in [0.717, 1.165) is 5.56 Å². The number of nitrogens with one attached hydrogen (secondary N) is 2. The first-order valence-corrected chi connectivity index (χ1v) is 6.20. The third-order valence-electron chi connectivity index (χ3n) is 2.74. The molecule has 1 aromatic rings. The van der Waals surface area contributed by atoms with E-state index in [4.69, 9.17) is 10.00 Å². The normalized spacial score (nSPS) is 11.5. The van der Waals surface area contributed by atoms with Gasteiger partial charge in [0.1, 0.15) is 11.8 Å². The van der Waals surface area contributed by atoms with Crippen molar-refractivity contribution in [1.29, 1.82) is 5.26 Å². The number of nitriles is 1. The van der Waals surface area contributed by atoms with Gasteiger partial charge in [0.05, 0.1) is 18.7 Å². The molecule has 0 aromatic heterocycles. The van der Waals surface area contributed by atoms with Crippen molar-refractivity contribution in [2.75, 3.05) is 13.7 Å². The Kier molecular flexibility index (Phi) is 5.83. The number of nitrogens with zero attached hydrogens (tertiary/aromatic N) is 1. The summed E-state index contributed by atoms with van der Waals surface area (Å²) in [5.74, 6) is 0.527. The summed E-state index contributed by atoms with van der Waals surface area (Å²) in [6.07, 6.45) is 0. The van der Waals surface area contributed by atoms with E-state index in [2.05, 4.69) is 16.7 Å². The molecule has 19 heavy (non-hydrogen) atoms. The van der Waals surface area contributed by atoms with Crippen molar-refractivity contribution in [3.8, 4) is 11.8 Å². The minimum absolute atomic E-state index is 0.0310. The number of benzene rings is 1. The van der Waals surface area contributed by atoms with Crippen molar-refractivity contribution in [2.24, 2.45) is 0 Å². The van der Waals surface area contributed by atoms with Gasteiger partial charge in [-0.05, 0) is 31.5 Å². The van der Waals surface area contributed by atoms with Gasteiger partial charge in [-0.2, -0.15) is 5.26 Å². The molecule has 1 aromatic carbocycles. The largest absolute Gasteiger partial charge is 0.495 e. The van der Waals surface area contributed by atoms with Crippen molar-refractivity contribution in [3.05, 3.63) is 29.3 Å². The van der Waals surface area contributed by atoms with Crippen LogP contribution in [0, 0.1) is 11.3 Å². The molecule has 0 bridgehead atoms. The van der Waals surface area contributed by atoms with Gasteiger partial charge >= 0.3 is 0 Å². The van der Waals surface area contributed by atoms with Crippen LogP contribution in [-0.4, -0.2) is 25.6 Å². The Morgan fingerprint density at radius 2 is 2.26 bits per heavy atom. The number of carbonyl (C=O) groups excluding carboxylic acids is 1.